The van der Waals surface area contributed by atoms with Gasteiger partial charge >= 0.3 is 0 Å². The minimum absolute atomic E-state index is 0.0809. The summed E-state index contributed by atoms with van der Waals surface area (Å²) in [5, 5.41) is 3.45. The Labute approximate surface area is 211 Å². The number of nitrogens with one attached hydrogen (secondary N) is 1. The van der Waals surface area contributed by atoms with Crippen molar-refractivity contribution in [2.45, 2.75) is 0 Å². The number of benzene rings is 3. The molecule has 0 aliphatic carbocycles. The minimum Gasteiger partial charge on any atom is -0.496 e. The van der Waals surface area contributed by atoms with Crippen LogP contribution >= 0.6 is 34.2 Å². The van der Waals surface area contributed by atoms with E-state index < -0.39 is 0 Å². The summed E-state index contributed by atoms with van der Waals surface area (Å²) < 4.78 is 6.24. The first-order valence-electron chi connectivity index (χ1n) is 10.5. The number of ether oxygens (including phenoxy) is 1. The third kappa shape index (κ3) is 5.42. The number of amides is 2. The number of piperazine rings is 1. The molecule has 1 aliphatic rings. The van der Waals surface area contributed by atoms with Gasteiger partial charge in [-0.05, 0) is 77.2 Å². The summed E-state index contributed by atoms with van der Waals surface area (Å²) in [5.74, 6) is 0.314. The Morgan fingerprint density at radius 1 is 0.939 bits per heavy atom. The standard InChI is InChI=1S/C25H23ClIN3O3/c1-33-23-11-6-17(26)16-21(23)25(32)30-14-12-29(13-15-30)19-9-7-18(8-10-19)28-24(31)20-4-2-3-5-22(20)27/h2-11,16H,12-15H2,1H3,(H,28,31). The van der Waals surface area contributed by atoms with Crippen LogP contribution in [0, 0.1) is 3.57 Å². The Morgan fingerprint density at radius 3 is 2.30 bits per heavy atom. The molecule has 1 saturated heterocycles. The van der Waals surface area contributed by atoms with Crippen molar-refractivity contribution in [1.82, 2.24) is 4.90 Å². The fourth-order valence-electron chi connectivity index (χ4n) is 3.78. The van der Waals surface area contributed by atoms with Crippen LogP contribution in [-0.4, -0.2) is 50.0 Å². The molecule has 8 heteroatoms. The summed E-state index contributed by atoms with van der Waals surface area (Å²) in [4.78, 5) is 29.6. The molecule has 1 N–H and O–H groups in total. The van der Waals surface area contributed by atoms with E-state index >= 15 is 0 Å². The number of carbonyl (C=O) groups excluding carboxylic acids is 2. The topological polar surface area (TPSA) is 61.9 Å². The molecule has 6 nitrogen and oxygen atoms in total. The molecule has 33 heavy (non-hydrogen) atoms. The minimum atomic E-state index is -0.128. The molecule has 4 rings (SSSR count). The van der Waals surface area contributed by atoms with Crippen LogP contribution in [0.15, 0.2) is 66.7 Å². The van der Waals surface area contributed by atoms with E-state index in [1.807, 2.05) is 53.4 Å². The molecule has 2 amide bonds. The summed E-state index contributed by atoms with van der Waals surface area (Å²) in [6.07, 6.45) is 0. The van der Waals surface area contributed by atoms with Crippen molar-refractivity contribution in [3.05, 3.63) is 86.4 Å². The second kappa shape index (κ2) is 10.4. The number of hydrogen-bond donors (Lipinski definition) is 1. The lowest BCUT2D eigenvalue weighted by Gasteiger charge is -2.36. The van der Waals surface area contributed by atoms with E-state index in [1.54, 1.807) is 25.3 Å². The zero-order valence-electron chi connectivity index (χ0n) is 18.1. The maximum Gasteiger partial charge on any atom is 0.257 e. The highest BCUT2D eigenvalue weighted by Gasteiger charge is 2.24. The fourth-order valence-corrected chi connectivity index (χ4v) is 4.59. The van der Waals surface area contributed by atoms with Gasteiger partial charge in [-0.25, -0.2) is 0 Å². The van der Waals surface area contributed by atoms with Crippen molar-refractivity contribution >= 4 is 57.4 Å². The number of rotatable bonds is 5. The lowest BCUT2D eigenvalue weighted by molar-refractivity contribution is 0.0743. The summed E-state index contributed by atoms with van der Waals surface area (Å²) in [5.41, 5.74) is 2.92. The van der Waals surface area contributed by atoms with Gasteiger partial charge in [-0.15, -0.1) is 0 Å². The van der Waals surface area contributed by atoms with Crippen LogP contribution in [0.5, 0.6) is 5.75 Å². The average Bonchev–Trinajstić information content (AvgIpc) is 2.84. The smallest absolute Gasteiger partial charge is 0.257 e. The number of anilines is 2. The van der Waals surface area contributed by atoms with Gasteiger partial charge in [0.2, 0.25) is 0 Å². The van der Waals surface area contributed by atoms with Crippen LogP contribution in [0.4, 0.5) is 11.4 Å². The molecular formula is C25H23ClIN3O3. The van der Waals surface area contributed by atoms with Gasteiger partial charge in [0.1, 0.15) is 5.75 Å². The molecule has 0 radical (unpaired) electrons. The van der Waals surface area contributed by atoms with Gasteiger partial charge < -0.3 is 19.9 Å². The third-order valence-corrected chi connectivity index (χ3v) is 6.74. The van der Waals surface area contributed by atoms with Crippen molar-refractivity contribution < 1.29 is 14.3 Å². The molecule has 0 atom stereocenters. The number of carbonyl (C=O) groups is 2. The number of nitrogens with zero attached hydrogens (tertiary/aromatic N) is 2. The Balaban J connectivity index is 1.36. The molecule has 0 bridgehead atoms. The Hall–Kier alpha value is -2.78. The normalized spacial score (nSPS) is 13.5. The molecule has 170 valence electrons. The molecule has 3 aromatic carbocycles. The van der Waals surface area contributed by atoms with Crippen molar-refractivity contribution in [3.63, 3.8) is 0 Å². The maximum atomic E-state index is 13.0. The van der Waals surface area contributed by atoms with Gasteiger partial charge in [0, 0.05) is 46.1 Å². The van der Waals surface area contributed by atoms with Crippen LogP contribution < -0.4 is 15.0 Å². The zero-order chi connectivity index (χ0) is 23.4. The van der Waals surface area contributed by atoms with Gasteiger partial charge in [-0.3, -0.25) is 9.59 Å². The van der Waals surface area contributed by atoms with E-state index in [0.29, 0.717) is 48.1 Å². The summed E-state index contributed by atoms with van der Waals surface area (Å²) in [6.45, 7) is 2.62. The van der Waals surface area contributed by atoms with Crippen molar-refractivity contribution in [2.24, 2.45) is 0 Å². The molecule has 0 unspecified atom stereocenters. The van der Waals surface area contributed by atoms with E-state index in [1.165, 1.54) is 0 Å². The maximum absolute atomic E-state index is 13.0. The number of halogens is 2. The van der Waals surface area contributed by atoms with Gasteiger partial charge in [0.15, 0.2) is 0 Å². The van der Waals surface area contributed by atoms with Gasteiger partial charge in [-0.1, -0.05) is 23.7 Å². The molecule has 0 spiro atoms. The Morgan fingerprint density at radius 2 is 1.64 bits per heavy atom. The predicted molar refractivity (Wildman–Crippen MR) is 140 cm³/mol. The molecular weight excluding hydrogens is 553 g/mol. The second-order valence-electron chi connectivity index (χ2n) is 7.60. The van der Waals surface area contributed by atoms with Gasteiger partial charge in [-0.2, -0.15) is 0 Å². The first-order valence-corrected chi connectivity index (χ1v) is 12.0. The average molecular weight is 576 g/mol. The zero-order valence-corrected chi connectivity index (χ0v) is 21.0. The van der Waals surface area contributed by atoms with E-state index in [9.17, 15) is 9.59 Å². The summed E-state index contributed by atoms with van der Waals surface area (Å²) in [7, 11) is 1.55. The van der Waals surface area contributed by atoms with Gasteiger partial charge in [0.05, 0.1) is 18.2 Å². The van der Waals surface area contributed by atoms with Crippen LogP contribution in [0.25, 0.3) is 0 Å². The largest absolute Gasteiger partial charge is 0.496 e. The lowest BCUT2D eigenvalue weighted by Crippen LogP contribution is -2.48. The molecule has 3 aromatic rings. The molecule has 1 aliphatic heterocycles. The van der Waals surface area contributed by atoms with E-state index in [4.69, 9.17) is 16.3 Å². The summed E-state index contributed by atoms with van der Waals surface area (Å²) >= 11 is 8.24. The highest BCUT2D eigenvalue weighted by Crippen LogP contribution is 2.26. The quantitative estimate of drug-likeness (QED) is 0.427. The predicted octanol–water partition coefficient (Wildman–Crippen LogP) is 5.17. The van der Waals surface area contributed by atoms with Gasteiger partial charge in [0.25, 0.3) is 11.8 Å². The Bertz CT molecular complexity index is 1160. The highest BCUT2D eigenvalue weighted by molar-refractivity contribution is 14.1. The van der Waals surface area contributed by atoms with E-state index in [0.717, 1.165) is 14.9 Å². The van der Waals surface area contributed by atoms with Crippen LogP contribution in [0.2, 0.25) is 5.02 Å². The molecule has 1 heterocycles. The SMILES string of the molecule is COc1ccc(Cl)cc1C(=O)N1CCN(c2ccc(NC(=O)c3ccccc3I)cc2)CC1. The van der Waals surface area contributed by atoms with Crippen molar-refractivity contribution in [3.8, 4) is 5.75 Å². The van der Waals surface area contributed by atoms with Crippen LogP contribution in [-0.2, 0) is 0 Å². The first-order chi connectivity index (χ1) is 16.0. The highest BCUT2D eigenvalue weighted by atomic mass is 127. The fraction of sp³-hybridized carbons (Fsp3) is 0.200. The monoisotopic (exact) mass is 575 g/mol. The second-order valence-corrected chi connectivity index (χ2v) is 9.20. The number of methoxy groups -OCH3 is 1. The third-order valence-electron chi connectivity index (χ3n) is 5.57. The van der Waals surface area contributed by atoms with Crippen molar-refractivity contribution in [2.75, 3.05) is 43.5 Å². The van der Waals surface area contributed by atoms with E-state index in [2.05, 4.69) is 32.8 Å². The van der Waals surface area contributed by atoms with Crippen molar-refractivity contribution in [1.29, 1.82) is 0 Å². The lowest BCUT2D eigenvalue weighted by atomic mass is 10.1. The summed E-state index contributed by atoms with van der Waals surface area (Å²) in [6, 6.07) is 20.3. The molecule has 0 saturated carbocycles. The van der Waals surface area contributed by atoms with Crippen LogP contribution in [0.3, 0.4) is 0 Å². The molecule has 1 fully saturated rings. The Kier molecular flexibility index (Phi) is 7.39. The molecule has 0 aromatic heterocycles. The number of hydrogen-bond acceptors (Lipinski definition) is 4. The van der Waals surface area contributed by atoms with E-state index in [-0.39, 0.29) is 11.8 Å². The van der Waals surface area contributed by atoms with Crippen LogP contribution in [0.1, 0.15) is 20.7 Å². The first kappa shape index (κ1) is 23.4.